The first-order valence-electron chi connectivity index (χ1n) is 7.93. The molecule has 1 aromatic rings. The van der Waals surface area contributed by atoms with Crippen molar-refractivity contribution in [2.45, 2.75) is 50.3 Å². The van der Waals surface area contributed by atoms with Gasteiger partial charge in [-0.15, -0.1) is 0 Å². The molecule has 1 aliphatic rings. The van der Waals surface area contributed by atoms with Gasteiger partial charge < -0.3 is 15.3 Å². The largest absolute Gasteiger partial charge is 0.391 e. The van der Waals surface area contributed by atoms with E-state index in [1.165, 1.54) is 12.0 Å². The summed E-state index contributed by atoms with van der Waals surface area (Å²) in [5.74, 6) is 0. The maximum Gasteiger partial charge on any atom is 0.0695 e. The fourth-order valence-electron chi connectivity index (χ4n) is 3.28. The molecule has 1 aliphatic carbocycles. The first kappa shape index (κ1) is 16.8. The van der Waals surface area contributed by atoms with Crippen molar-refractivity contribution in [2.24, 2.45) is 0 Å². The zero-order valence-corrected chi connectivity index (χ0v) is 13.8. The Balaban J connectivity index is 1.88. The fourth-order valence-corrected chi connectivity index (χ4v) is 3.40. The normalized spacial score (nSPS) is 24.2. The van der Waals surface area contributed by atoms with Crippen molar-refractivity contribution in [3.05, 3.63) is 34.9 Å². The molecule has 1 saturated carbocycles. The monoisotopic (exact) mass is 310 g/mol. The van der Waals surface area contributed by atoms with Crippen LogP contribution < -0.4 is 5.32 Å². The van der Waals surface area contributed by atoms with Crippen LogP contribution in [0.4, 0.5) is 0 Å². The van der Waals surface area contributed by atoms with Crippen LogP contribution in [-0.2, 0) is 0 Å². The van der Waals surface area contributed by atoms with Crippen molar-refractivity contribution >= 4 is 11.6 Å². The van der Waals surface area contributed by atoms with E-state index >= 15 is 0 Å². The molecule has 0 spiro atoms. The molecule has 0 amide bonds. The molecule has 118 valence electrons. The van der Waals surface area contributed by atoms with Crippen LogP contribution >= 0.6 is 11.6 Å². The number of hydrogen-bond acceptors (Lipinski definition) is 3. The van der Waals surface area contributed by atoms with E-state index in [0.717, 1.165) is 37.3 Å². The summed E-state index contributed by atoms with van der Waals surface area (Å²) in [5, 5.41) is 14.3. The molecule has 2 N–H and O–H groups in total. The molecule has 3 nitrogen and oxygen atoms in total. The highest BCUT2D eigenvalue weighted by molar-refractivity contribution is 6.30. The Morgan fingerprint density at radius 2 is 1.95 bits per heavy atom. The zero-order valence-electron chi connectivity index (χ0n) is 13.1. The van der Waals surface area contributed by atoms with Gasteiger partial charge in [0.25, 0.3) is 0 Å². The highest BCUT2D eigenvalue weighted by atomic mass is 35.5. The summed E-state index contributed by atoms with van der Waals surface area (Å²) in [6.07, 6.45) is 5.32. The molecule has 0 aliphatic heterocycles. The molecule has 3 unspecified atom stereocenters. The van der Waals surface area contributed by atoms with Gasteiger partial charge in [-0.25, -0.2) is 0 Å². The van der Waals surface area contributed by atoms with Gasteiger partial charge in [0.1, 0.15) is 0 Å². The summed E-state index contributed by atoms with van der Waals surface area (Å²) < 4.78 is 0. The number of likely N-dealkylation sites (N-methyl/N-ethyl adjacent to an activating group) is 1. The van der Waals surface area contributed by atoms with Crippen molar-refractivity contribution < 1.29 is 5.11 Å². The quantitative estimate of drug-likeness (QED) is 0.847. The second-order valence-corrected chi connectivity index (χ2v) is 6.52. The van der Waals surface area contributed by atoms with E-state index < -0.39 is 0 Å². The molecule has 21 heavy (non-hydrogen) atoms. The number of hydrogen-bond donors (Lipinski definition) is 2. The van der Waals surface area contributed by atoms with Gasteiger partial charge in [0.2, 0.25) is 0 Å². The molecular weight excluding hydrogens is 284 g/mol. The van der Waals surface area contributed by atoms with Crippen molar-refractivity contribution in [1.29, 1.82) is 0 Å². The van der Waals surface area contributed by atoms with E-state index in [4.69, 9.17) is 11.6 Å². The van der Waals surface area contributed by atoms with Crippen molar-refractivity contribution in [1.82, 2.24) is 10.2 Å². The van der Waals surface area contributed by atoms with Crippen molar-refractivity contribution in [2.75, 3.05) is 20.6 Å². The Morgan fingerprint density at radius 3 is 2.57 bits per heavy atom. The Morgan fingerprint density at radius 1 is 1.29 bits per heavy atom. The number of aliphatic hydroxyl groups is 1. The van der Waals surface area contributed by atoms with Crippen LogP contribution in [-0.4, -0.2) is 42.8 Å². The van der Waals surface area contributed by atoms with Gasteiger partial charge in [-0.1, -0.05) is 36.6 Å². The number of benzene rings is 1. The molecular formula is C17H27ClN2O. The van der Waals surface area contributed by atoms with Crippen LogP contribution in [0.15, 0.2) is 24.3 Å². The molecule has 2 rings (SSSR count). The molecule has 0 radical (unpaired) electrons. The first-order valence-corrected chi connectivity index (χ1v) is 8.30. The third-order valence-electron chi connectivity index (χ3n) is 4.65. The van der Waals surface area contributed by atoms with E-state index in [2.05, 4.69) is 29.4 Å². The van der Waals surface area contributed by atoms with Crippen LogP contribution in [0.2, 0.25) is 5.02 Å². The molecule has 0 saturated heterocycles. The summed E-state index contributed by atoms with van der Waals surface area (Å²) >= 11 is 5.95. The van der Waals surface area contributed by atoms with Gasteiger partial charge >= 0.3 is 0 Å². The van der Waals surface area contributed by atoms with E-state index in [1.807, 2.05) is 19.2 Å². The lowest BCUT2D eigenvalue weighted by Crippen LogP contribution is -2.44. The minimum Gasteiger partial charge on any atom is -0.391 e. The standard InChI is InChI=1S/C17H27ClN2O/c1-19-15(13-7-9-14(18)10-8-13)11-12-20(2)16-5-3-4-6-17(16)21/h7-10,15-17,19,21H,3-6,11-12H2,1-2H3. The predicted octanol–water partition coefficient (Wildman–Crippen LogP) is 3.23. The second-order valence-electron chi connectivity index (χ2n) is 6.08. The van der Waals surface area contributed by atoms with Crippen LogP contribution in [0.25, 0.3) is 0 Å². The Hall–Kier alpha value is -0.610. The smallest absolute Gasteiger partial charge is 0.0695 e. The Bertz CT molecular complexity index is 423. The van der Waals surface area contributed by atoms with Gasteiger partial charge in [-0.3, -0.25) is 0 Å². The van der Waals surface area contributed by atoms with E-state index in [-0.39, 0.29) is 6.10 Å². The first-order chi connectivity index (χ1) is 10.1. The van der Waals surface area contributed by atoms with Crippen LogP contribution in [0.3, 0.4) is 0 Å². The lowest BCUT2D eigenvalue weighted by Gasteiger charge is -2.35. The van der Waals surface area contributed by atoms with Crippen LogP contribution in [0.1, 0.15) is 43.7 Å². The summed E-state index contributed by atoms with van der Waals surface area (Å²) in [5.41, 5.74) is 1.26. The van der Waals surface area contributed by atoms with Gasteiger partial charge in [0.15, 0.2) is 0 Å². The molecule has 0 aromatic heterocycles. The average molecular weight is 311 g/mol. The SMILES string of the molecule is CNC(CCN(C)C1CCCCC1O)c1ccc(Cl)cc1. The maximum absolute atomic E-state index is 10.1. The third-order valence-corrected chi connectivity index (χ3v) is 4.90. The lowest BCUT2D eigenvalue weighted by atomic mass is 9.91. The highest BCUT2D eigenvalue weighted by Crippen LogP contribution is 2.24. The van der Waals surface area contributed by atoms with Crippen LogP contribution in [0.5, 0.6) is 0 Å². The van der Waals surface area contributed by atoms with Crippen LogP contribution in [0, 0.1) is 0 Å². The number of halogens is 1. The summed E-state index contributed by atoms with van der Waals surface area (Å²) in [7, 11) is 4.13. The van der Waals surface area contributed by atoms with E-state index in [0.29, 0.717) is 12.1 Å². The topological polar surface area (TPSA) is 35.5 Å². The third kappa shape index (κ3) is 4.68. The molecule has 1 fully saturated rings. The minimum absolute atomic E-state index is 0.160. The number of aliphatic hydroxyl groups excluding tert-OH is 1. The molecule has 3 atom stereocenters. The zero-order chi connectivity index (χ0) is 15.2. The maximum atomic E-state index is 10.1. The summed E-state index contributed by atoms with van der Waals surface area (Å²) in [6, 6.07) is 8.69. The predicted molar refractivity (Wildman–Crippen MR) is 88.8 cm³/mol. The highest BCUT2D eigenvalue weighted by Gasteiger charge is 2.26. The lowest BCUT2D eigenvalue weighted by molar-refractivity contribution is 0.0308. The average Bonchev–Trinajstić information content (AvgIpc) is 2.49. The van der Waals surface area contributed by atoms with Gasteiger partial charge in [-0.2, -0.15) is 0 Å². The number of nitrogens with one attached hydrogen (secondary N) is 1. The van der Waals surface area contributed by atoms with E-state index in [9.17, 15) is 5.11 Å². The molecule has 4 heteroatoms. The number of rotatable bonds is 6. The van der Waals surface area contributed by atoms with Gasteiger partial charge in [0, 0.05) is 23.7 Å². The summed E-state index contributed by atoms with van der Waals surface area (Å²) in [6.45, 7) is 0.982. The van der Waals surface area contributed by atoms with Gasteiger partial charge in [-0.05, 0) is 51.1 Å². The van der Waals surface area contributed by atoms with Crippen molar-refractivity contribution in [3.8, 4) is 0 Å². The van der Waals surface area contributed by atoms with Crippen molar-refractivity contribution in [3.63, 3.8) is 0 Å². The van der Waals surface area contributed by atoms with Gasteiger partial charge in [0.05, 0.1) is 6.10 Å². The summed E-state index contributed by atoms with van der Waals surface area (Å²) in [4.78, 5) is 2.32. The molecule has 0 heterocycles. The second kappa shape index (κ2) is 8.14. The number of nitrogens with zero attached hydrogens (tertiary/aromatic N) is 1. The fraction of sp³-hybridized carbons (Fsp3) is 0.647. The van der Waals surface area contributed by atoms with E-state index in [1.54, 1.807) is 0 Å². The Labute approximate surface area is 133 Å². The molecule has 1 aromatic carbocycles. The minimum atomic E-state index is -0.160. The molecule has 0 bridgehead atoms. The Kier molecular flexibility index (Phi) is 6.49.